The SMILES string of the molecule is CCC(=O)Nc1nc(C)c(C(=O)N[C@@H](C)c2ccc(O[C@@H]3CCN(c4ncnc(NCC(C)(C)O)c4Cl)C3)cc2)s1. The molecule has 0 bridgehead atoms. The summed E-state index contributed by atoms with van der Waals surface area (Å²) in [5, 5.41) is 19.6. The number of aryl methyl sites for hydroxylation is 1. The number of halogens is 1. The molecule has 0 aliphatic carbocycles. The van der Waals surface area contributed by atoms with Crippen molar-refractivity contribution >= 4 is 51.5 Å². The lowest BCUT2D eigenvalue weighted by molar-refractivity contribution is -0.115. The van der Waals surface area contributed by atoms with Gasteiger partial charge in [0.1, 0.15) is 28.1 Å². The van der Waals surface area contributed by atoms with E-state index in [1.807, 2.05) is 31.2 Å². The minimum atomic E-state index is -0.904. The first kappa shape index (κ1) is 30.5. The lowest BCUT2D eigenvalue weighted by Gasteiger charge is -2.22. The number of hydrogen-bond donors (Lipinski definition) is 4. The Labute approximate surface area is 248 Å². The molecule has 1 fully saturated rings. The highest BCUT2D eigenvalue weighted by Gasteiger charge is 2.28. The highest BCUT2D eigenvalue weighted by Crippen LogP contribution is 2.32. The van der Waals surface area contributed by atoms with E-state index in [9.17, 15) is 14.7 Å². The van der Waals surface area contributed by atoms with Crippen molar-refractivity contribution in [3.63, 3.8) is 0 Å². The number of carbonyl (C=O) groups excluding carboxylic acids is 2. The Morgan fingerprint density at radius 3 is 2.68 bits per heavy atom. The van der Waals surface area contributed by atoms with Crippen LogP contribution in [0.15, 0.2) is 30.6 Å². The predicted molar refractivity (Wildman–Crippen MR) is 161 cm³/mol. The third kappa shape index (κ3) is 8.05. The first-order valence-electron chi connectivity index (χ1n) is 13.5. The maximum atomic E-state index is 12.9. The fraction of sp³-hybridized carbons (Fsp3) is 0.464. The summed E-state index contributed by atoms with van der Waals surface area (Å²) in [6.45, 7) is 10.5. The van der Waals surface area contributed by atoms with Crippen LogP contribution in [0, 0.1) is 6.92 Å². The van der Waals surface area contributed by atoms with Gasteiger partial charge in [0, 0.05) is 25.9 Å². The van der Waals surface area contributed by atoms with E-state index in [2.05, 4.69) is 35.8 Å². The molecule has 0 spiro atoms. The van der Waals surface area contributed by atoms with Crippen LogP contribution in [0.5, 0.6) is 5.75 Å². The zero-order valence-electron chi connectivity index (χ0n) is 23.8. The van der Waals surface area contributed by atoms with Crippen LogP contribution in [0.2, 0.25) is 5.02 Å². The van der Waals surface area contributed by atoms with E-state index in [1.54, 1.807) is 27.7 Å². The Bertz CT molecular complexity index is 1380. The van der Waals surface area contributed by atoms with E-state index >= 15 is 0 Å². The fourth-order valence-electron chi connectivity index (χ4n) is 4.26. The second-order valence-electron chi connectivity index (χ2n) is 10.6. The largest absolute Gasteiger partial charge is 0.489 e. The van der Waals surface area contributed by atoms with Crippen LogP contribution in [0.25, 0.3) is 0 Å². The summed E-state index contributed by atoms with van der Waals surface area (Å²) in [4.78, 5) is 39.9. The van der Waals surface area contributed by atoms with Crippen LogP contribution in [-0.2, 0) is 4.79 Å². The molecule has 11 nitrogen and oxygen atoms in total. The van der Waals surface area contributed by atoms with Gasteiger partial charge in [-0.05, 0) is 45.4 Å². The van der Waals surface area contributed by atoms with E-state index in [0.29, 0.717) is 51.9 Å². The first-order chi connectivity index (χ1) is 19.4. The molecule has 0 unspecified atom stereocenters. The van der Waals surface area contributed by atoms with Gasteiger partial charge >= 0.3 is 0 Å². The third-order valence-corrected chi connectivity index (χ3v) is 7.92. The molecule has 0 saturated carbocycles. The van der Waals surface area contributed by atoms with Crippen molar-refractivity contribution in [3.8, 4) is 5.75 Å². The summed E-state index contributed by atoms with van der Waals surface area (Å²) >= 11 is 7.75. The van der Waals surface area contributed by atoms with Crippen LogP contribution < -0.4 is 25.6 Å². The van der Waals surface area contributed by atoms with Gasteiger partial charge in [-0.25, -0.2) is 15.0 Å². The smallest absolute Gasteiger partial charge is 0.263 e. The number of aromatic nitrogens is 3. The molecule has 4 rings (SSSR count). The van der Waals surface area contributed by atoms with Crippen LogP contribution in [0.3, 0.4) is 0 Å². The molecule has 2 atom stereocenters. The molecule has 220 valence electrons. The Balaban J connectivity index is 1.32. The number of aliphatic hydroxyl groups is 1. The van der Waals surface area contributed by atoms with Crippen molar-refractivity contribution in [2.45, 2.75) is 65.2 Å². The number of carbonyl (C=O) groups is 2. The van der Waals surface area contributed by atoms with E-state index in [1.165, 1.54) is 6.33 Å². The van der Waals surface area contributed by atoms with Crippen molar-refractivity contribution < 1.29 is 19.4 Å². The zero-order chi connectivity index (χ0) is 29.7. The average molecular weight is 602 g/mol. The fourth-order valence-corrected chi connectivity index (χ4v) is 5.43. The van der Waals surface area contributed by atoms with Gasteiger partial charge in [-0.15, -0.1) is 0 Å². The predicted octanol–water partition coefficient (Wildman–Crippen LogP) is 4.57. The van der Waals surface area contributed by atoms with Gasteiger partial charge < -0.3 is 30.7 Å². The number of ether oxygens (including phenoxy) is 1. The van der Waals surface area contributed by atoms with Gasteiger partial charge in [-0.3, -0.25) is 9.59 Å². The molecule has 2 amide bonds. The maximum Gasteiger partial charge on any atom is 0.263 e. The number of benzene rings is 1. The van der Waals surface area contributed by atoms with Gasteiger partial charge in [0.05, 0.1) is 23.9 Å². The zero-order valence-corrected chi connectivity index (χ0v) is 25.4. The number of amides is 2. The van der Waals surface area contributed by atoms with Crippen LogP contribution in [0.4, 0.5) is 16.8 Å². The van der Waals surface area contributed by atoms with Gasteiger partial charge in [-0.2, -0.15) is 0 Å². The summed E-state index contributed by atoms with van der Waals surface area (Å²) < 4.78 is 6.23. The molecule has 4 N–H and O–H groups in total. The van der Waals surface area contributed by atoms with E-state index in [4.69, 9.17) is 16.3 Å². The minimum Gasteiger partial charge on any atom is -0.489 e. The highest BCUT2D eigenvalue weighted by molar-refractivity contribution is 7.17. The molecule has 2 aromatic heterocycles. The standard InChI is InChI=1S/C28H36ClN7O4S/c1-6-21(37)35-27-34-17(3)23(41-27)26(38)33-16(2)18-7-9-19(10-8-18)40-20-11-12-36(13-20)25-22(29)24(31-15-32-25)30-14-28(4,5)39/h7-10,15-16,20,39H,6,11-14H2,1-5H3,(H,33,38)(H,30,31,32)(H,34,35,37)/t16-,20+/m0/s1. The van der Waals surface area contributed by atoms with Crippen molar-refractivity contribution in [1.82, 2.24) is 20.3 Å². The molecule has 3 aromatic rings. The lowest BCUT2D eigenvalue weighted by atomic mass is 10.1. The monoisotopic (exact) mass is 601 g/mol. The summed E-state index contributed by atoms with van der Waals surface area (Å²) in [6, 6.07) is 7.41. The van der Waals surface area contributed by atoms with E-state index in [0.717, 1.165) is 35.6 Å². The summed E-state index contributed by atoms with van der Waals surface area (Å²) in [6.07, 6.45) is 2.56. The summed E-state index contributed by atoms with van der Waals surface area (Å²) in [5.74, 6) is 1.46. The van der Waals surface area contributed by atoms with Crippen LogP contribution in [-0.4, -0.2) is 63.2 Å². The maximum absolute atomic E-state index is 12.9. The molecule has 3 heterocycles. The van der Waals surface area contributed by atoms with Gasteiger partial charge in [0.2, 0.25) is 5.91 Å². The number of rotatable bonds is 11. The third-order valence-electron chi connectivity index (χ3n) is 6.50. The minimum absolute atomic E-state index is 0.0477. The normalized spacial score (nSPS) is 15.9. The van der Waals surface area contributed by atoms with Gasteiger partial charge in [0.15, 0.2) is 16.8 Å². The van der Waals surface area contributed by atoms with Crippen molar-refractivity contribution in [2.24, 2.45) is 0 Å². The topological polar surface area (TPSA) is 142 Å². The molecule has 1 aliphatic rings. The average Bonchev–Trinajstić information content (AvgIpc) is 3.53. The molecule has 1 aliphatic heterocycles. The number of thiazole rings is 1. The highest BCUT2D eigenvalue weighted by atomic mass is 35.5. The number of hydrogen-bond acceptors (Lipinski definition) is 10. The van der Waals surface area contributed by atoms with E-state index < -0.39 is 5.60 Å². The number of nitrogens with zero attached hydrogens (tertiary/aromatic N) is 4. The number of anilines is 3. The summed E-state index contributed by atoms with van der Waals surface area (Å²) in [7, 11) is 0. The Morgan fingerprint density at radius 1 is 1.27 bits per heavy atom. The Kier molecular flexibility index (Phi) is 9.67. The summed E-state index contributed by atoms with van der Waals surface area (Å²) in [5.41, 5.74) is 0.600. The Morgan fingerprint density at radius 2 is 2.00 bits per heavy atom. The van der Waals surface area contributed by atoms with Gasteiger partial charge in [-0.1, -0.05) is 42.0 Å². The van der Waals surface area contributed by atoms with Gasteiger partial charge in [0.25, 0.3) is 5.91 Å². The van der Waals surface area contributed by atoms with E-state index in [-0.39, 0.29) is 24.0 Å². The molecule has 13 heteroatoms. The molecular formula is C28H36ClN7O4S. The van der Waals surface area contributed by atoms with Crippen molar-refractivity contribution in [2.75, 3.05) is 35.2 Å². The molecular weight excluding hydrogens is 566 g/mol. The Hall–Kier alpha value is -3.48. The first-order valence-corrected chi connectivity index (χ1v) is 14.7. The van der Waals surface area contributed by atoms with Crippen molar-refractivity contribution in [1.29, 1.82) is 0 Å². The molecule has 1 aromatic carbocycles. The molecule has 0 radical (unpaired) electrons. The van der Waals surface area contributed by atoms with Crippen LogP contribution in [0.1, 0.15) is 67.5 Å². The molecule has 1 saturated heterocycles. The molecule has 41 heavy (non-hydrogen) atoms. The second-order valence-corrected chi connectivity index (χ2v) is 12.0. The lowest BCUT2D eigenvalue weighted by Crippen LogP contribution is -2.30. The van der Waals surface area contributed by atoms with Crippen molar-refractivity contribution in [3.05, 3.63) is 51.7 Å². The van der Waals surface area contributed by atoms with Crippen LogP contribution >= 0.6 is 22.9 Å². The number of nitrogens with one attached hydrogen (secondary N) is 3. The quantitative estimate of drug-likeness (QED) is 0.248. The second kappa shape index (κ2) is 13.0.